The molecular formula is C28H31N7O4. The Bertz CT molecular complexity index is 1360. The minimum absolute atomic E-state index is 0.0487. The second-order valence-corrected chi connectivity index (χ2v) is 9.36. The van der Waals surface area contributed by atoms with Gasteiger partial charge in [-0.05, 0) is 36.4 Å². The van der Waals surface area contributed by atoms with E-state index in [0.717, 1.165) is 24.1 Å². The summed E-state index contributed by atoms with van der Waals surface area (Å²) >= 11 is 0. The van der Waals surface area contributed by atoms with Crippen molar-refractivity contribution in [2.45, 2.75) is 25.9 Å². The van der Waals surface area contributed by atoms with E-state index in [0.29, 0.717) is 74.0 Å². The monoisotopic (exact) mass is 529 g/mol. The fourth-order valence-electron chi connectivity index (χ4n) is 4.70. The summed E-state index contributed by atoms with van der Waals surface area (Å²) in [6.07, 6.45) is 3.32. The van der Waals surface area contributed by atoms with Gasteiger partial charge in [0.1, 0.15) is 29.4 Å². The number of nitrogens with zero attached hydrogens (tertiary/aromatic N) is 6. The molecule has 4 heterocycles. The van der Waals surface area contributed by atoms with E-state index in [1.807, 2.05) is 29.2 Å². The number of benzene rings is 1. The van der Waals surface area contributed by atoms with E-state index in [9.17, 15) is 10.1 Å². The van der Waals surface area contributed by atoms with E-state index in [1.54, 1.807) is 32.4 Å². The zero-order chi connectivity index (χ0) is 27.2. The number of nitriles is 1. The van der Waals surface area contributed by atoms with Crippen LogP contribution in [0.2, 0.25) is 0 Å². The fourth-order valence-corrected chi connectivity index (χ4v) is 4.70. The summed E-state index contributed by atoms with van der Waals surface area (Å²) in [5, 5.41) is 12.9. The third-order valence-corrected chi connectivity index (χ3v) is 6.85. The molecule has 202 valence electrons. The molecule has 39 heavy (non-hydrogen) atoms. The Morgan fingerprint density at radius 1 is 1.10 bits per heavy atom. The zero-order valence-electron chi connectivity index (χ0n) is 22.1. The molecule has 2 aliphatic heterocycles. The summed E-state index contributed by atoms with van der Waals surface area (Å²) in [4.78, 5) is 29.2. The van der Waals surface area contributed by atoms with E-state index < -0.39 is 0 Å². The lowest BCUT2D eigenvalue weighted by atomic mass is 10.1. The molecule has 1 amide bonds. The van der Waals surface area contributed by atoms with Crippen molar-refractivity contribution in [3.63, 3.8) is 0 Å². The molecule has 11 heteroatoms. The average Bonchev–Trinajstić information content (AvgIpc) is 2.98. The molecule has 5 rings (SSSR count). The van der Waals surface area contributed by atoms with Crippen molar-refractivity contribution in [2.75, 3.05) is 56.7 Å². The fraction of sp³-hybridized carbons (Fsp3) is 0.393. The summed E-state index contributed by atoms with van der Waals surface area (Å²) < 4.78 is 17.0. The van der Waals surface area contributed by atoms with Gasteiger partial charge in [0.2, 0.25) is 17.7 Å². The number of carbonyl (C=O) groups excluding carboxylic acids is 1. The van der Waals surface area contributed by atoms with Gasteiger partial charge in [0.05, 0.1) is 31.6 Å². The van der Waals surface area contributed by atoms with Gasteiger partial charge in [-0.2, -0.15) is 10.2 Å². The Balaban J connectivity index is 1.30. The van der Waals surface area contributed by atoms with E-state index >= 15 is 0 Å². The number of amides is 1. The number of hydrogen-bond donors (Lipinski definition) is 1. The van der Waals surface area contributed by atoms with Crippen molar-refractivity contribution in [2.24, 2.45) is 0 Å². The third-order valence-electron chi connectivity index (χ3n) is 6.85. The number of anilines is 3. The van der Waals surface area contributed by atoms with Gasteiger partial charge < -0.3 is 29.3 Å². The van der Waals surface area contributed by atoms with Crippen LogP contribution >= 0.6 is 0 Å². The molecule has 0 radical (unpaired) electrons. The van der Waals surface area contributed by atoms with Crippen molar-refractivity contribution in [3.8, 4) is 29.0 Å². The average molecular weight is 530 g/mol. The first kappa shape index (κ1) is 26.2. The lowest BCUT2D eigenvalue weighted by molar-refractivity contribution is -0.129. The number of rotatable bonds is 7. The van der Waals surface area contributed by atoms with Crippen LogP contribution in [-0.4, -0.2) is 78.4 Å². The Labute approximate surface area is 227 Å². The standard InChI is InChI=1S/C28H31N7O4/c1-19(36)34-11-13-35(14-12-34)24-4-6-26(32-27(24)37-2)33-28-30-10-7-23(31-28)20-3-5-25(21(17-20)18-29)39-22-8-15-38-16-9-22/h3-7,10,17,22H,8-9,11-16H2,1-2H3,(H,30,31,32,33). The van der Waals surface area contributed by atoms with Crippen LogP contribution in [0.25, 0.3) is 11.3 Å². The van der Waals surface area contributed by atoms with Crippen molar-refractivity contribution < 1.29 is 19.0 Å². The predicted octanol–water partition coefficient (Wildman–Crippen LogP) is 3.39. The second kappa shape index (κ2) is 12.0. The highest BCUT2D eigenvalue weighted by Gasteiger charge is 2.22. The van der Waals surface area contributed by atoms with Crippen LogP contribution in [0.3, 0.4) is 0 Å². The van der Waals surface area contributed by atoms with Gasteiger partial charge in [-0.15, -0.1) is 0 Å². The van der Waals surface area contributed by atoms with Gasteiger partial charge >= 0.3 is 0 Å². The number of pyridine rings is 1. The molecule has 2 aliphatic rings. The molecule has 0 saturated carbocycles. The zero-order valence-corrected chi connectivity index (χ0v) is 22.1. The largest absolute Gasteiger partial charge is 0.489 e. The molecule has 1 N–H and O–H groups in total. The van der Waals surface area contributed by atoms with Crippen LogP contribution in [-0.2, 0) is 9.53 Å². The number of nitrogens with one attached hydrogen (secondary N) is 1. The molecule has 0 atom stereocenters. The van der Waals surface area contributed by atoms with E-state index in [2.05, 4.69) is 31.2 Å². The smallest absolute Gasteiger partial charge is 0.239 e. The second-order valence-electron chi connectivity index (χ2n) is 9.36. The highest BCUT2D eigenvalue weighted by atomic mass is 16.5. The van der Waals surface area contributed by atoms with Crippen LogP contribution in [0.15, 0.2) is 42.6 Å². The van der Waals surface area contributed by atoms with Gasteiger partial charge in [-0.25, -0.2) is 9.97 Å². The quantitative estimate of drug-likeness (QED) is 0.487. The van der Waals surface area contributed by atoms with Crippen LogP contribution in [0.5, 0.6) is 11.6 Å². The highest BCUT2D eigenvalue weighted by Crippen LogP contribution is 2.31. The van der Waals surface area contributed by atoms with Crippen molar-refractivity contribution in [1.29, 1.82) is 5.26 Å². The topological polar surface area (TPSA) is 126 Å². The van der Waals surface area contributed by atoms with Crippen LogP contribution in [0.4, 0.5) is 17.5 Å². The van der Waals surface area contributed by atoms with Crippen LogP contribution in [0.1, 0.15) is 25.3 Å². The molecule has 0 spiro atoms. The van der Waals surface area contributed by atoms with Gasteiger partial charge in [0.25, 0.3) is 0 Å². The molecule has 0 unspecified atom stereocenters. The number of piperazine rings is 1. The van der Waals surface area contributed by atoms with E-state index in [1.165, 1.54) is 0 Å². The van der Waals surface area contributed by atoms with E-state index in [-0.39, 0.29) is 12.0 Å². The van der Waals surface area contributed by atoms with Gasteiger partial charge in [-0.3, -0.25) is 4.79 Å². The van der Waals surface area contributed by atoms with Gasteiger partial charge in [0, 0.05) is 57.7 Å². The molecule has 1 aromatic carbocycles. The Morgan fingerprint density at radius 3 is 2.62 bits per heavy atom. The summed E-state index contributed by atoms with van der Waals surface area (Å²) in [5.41, 5.74) is 2.77. The maximum absolute atomic E-state index is 11.6. The first-order valence-electron chi connectivity index (χ1n) is 13.0. The summed E-state index contributed by atoms with van der Waals surface area (Å²) in [5.74, 6) is 2.04. The first-order valence-corrected chi connectivity index (χ1v) is 13.0. The maximum atomic E-state index is 11.6. The van der Waals surface area contributed by atoms with Gasteiger partial charge in [0.15, 0.2) is 0 Å². The molecule has 2 saturated heterocycles. The SMILES string of the molecule is COc1nc(Nc2nccc(-c3ccc(OC4CCOCC4)c(C#N)c3)n2)ccc1N1CCN(C(C)=O)CC1. The summed E-state index contributed by atoms with van der Waals surface area (Å²) in [6, 6.07) is 13.3. The number of ether oxygens (including phenoxy) is 3. The Kier molecular flexibility index (Phi) is 8.03. The van der Waals surface area contributed by atoms with Crippen LogP contribution < -0.4 is 19.7 Å². The van der Waals surface area contributed by atoms with Crippen molar-refractivity contribution in [1.82, 2.24) is 19.9 Å². The maximum Gasteiger partial charge on any atom is 0.239 e. The van der Waals surface area contributed by atoms with Gasteiger partial charge in [-0.1, -0.05) is 0 Å². The minimum atomic E-state index is 0.0487. The van der Waals surface area contributed by atoms with Crippen molar-refractivity contribution in [3.05, 3.63) is 48.2 Å². The normalized spacial score (nSPS) is 15.9. The van der Waals surface area contributed by atoms with Crippen molar-refractivity contribution >= 4 is 23.4 Å². The number of aromatic nitrogens is 3. The molecular weight excluding hydrogens is 498 g/mol. The molecule has 11 nitrogen and oxygen atoms in total. The third kappa shape index (κ3) is 6.18. The number of methoxy groups -OCH3 is 1. The van der Waals surface area contributed by atoms with Crippen LogP contribution in [0, 0.1) is 11.3 Å². The summed E-state index contributed by atoms with van der Waals surface area (Å²) in [6.45, 7) is 5.67. The molecule has 2 aromatic heterocycles. The highest BCUT2D eigenvalue weighted by molar-refractivity contribution is 5.74. The lowest BCUT2D eigenvalue weighted by Crippen LogP contribution is -2.48. The molecule has 3 aromatic rings. The minimum Gasteiger partial charge on any atom is -0.489 e. The Morgan fingerprint density at radius 2 is 1.90 bits per heavy atom. The predicted molar refractivity (Wildman–Crippen MR) is 145 cm³/mol. The first-order chi connectivity index (χ1) is 19.0. The molecule has 0 bridgehead atoms. The summed E-state index contributed by atoms with van der Waals surface area (Å²) in [7, 11) is 1.58. The number of hydrogen-bond acceptors (Lipinski definition) is 10. The lowest BCUT2D eigenvalue weighted by Gasteiger charge is -2.35. The molecule has 2 fully saturated rings. The Hall–Kier alpha value is -4.43. The number of carbonyl (C=O) groups is 1. The van der Waals surface area contributed by atoms with E-state index in [4.69, 9.17) is 14.2 Å². The molecule has 0 aliphatic carbocycles.